The molecule has 3 atom stereocenters. The van der Waals surface area contributed by atoms with E-state index in [9.17, 15) is 14.9 Å². The van der Waals surface area contributed by atoms with Crippen molar-refractivity contribution in [2.45, 2.75) is 31.5 Å². The zero-order valence-corrected chi connectivity index (χ0v) is 13.9. The summed E-state index contributed by atoms with van der Waals surface area (Å²) >= 11 is 0. The van der Waals surface area contributed by atoms with E-state index in [4.69, 9.17) is 9.47 Å². The van der Waals surface area contributed by atoms with Crippen LogP contribution in [0.3, 0.4) is 0 Å². The Bertz CT molecular complexity index is 592. The lowest BCUT2D eigenvalue weighted by atomic mass is 9.98. The zero-order valence-electron chi connectivity index (χ0n) is 13.9. The lowest BCUT2D eigenvalue weighted by Gasteiger charge is -2.33. The highest BCUT2D eigenvalue weighted by molar-refractivity contribution is 5.77. The number of likely N-dealkylation sites (tertiary alicyclic amines) is 1. The summed E-state index contributed by atoms with van der Waals surface area (Å²) in [6.07, 6.45) is 1.52. The van der Waals surface area contributed by atoms with Gasteiger partial charge in [-0.05, 0) is 25.0 Å². The van der Waals surface area contributed by atoms with E-state index in [0.29, 0.717) is 25.4 Å². The lowest BCUT2D eigenvalue weighted by Crippen LogP contribution is -2.43. The van der Waals surface area contributed by atoms with Gasteiger partial charge in [0.05, 0.1) is 13.0 Å². The molecule has 1 amide bonds. The van der Waals surface area contributed by atoms with Crippen LogP contribution in [0.1, 0.15) is 19.3 Å². The fourth-order valence-corrected chi connectivity index (χ4v) is 3.09. The normalized spacial score (nSPS) is 23.6. The number of epoxide rings is 1. The number of ether oxygens (including phenoxy) is 2. The molecule has 2 heterocycles. The van der Waals surface area contributed by atoms with E-state index in [1.165, 1.54) is 0 Å². The van der Waals surface area contributed by atoms with Crippen molar-refractivity contribution in [2.75, 3.05) is 26.3 Å². The third-order valence-electron chi connectivity index (χ3n) is 4.47. The van der Waals surface area contributed by atoms with Gasteiger partial charge in [-0.3, -0.25) is 4.79 Å². The van der Waals surface area contributed by atoms with Crippen LogP contribution >= 0.6 is 0 Å². The van der Waals surface area contributed by atoms with E-state index in [-0.39, 0.29) is 37.1 Å². The average molecular weight is 350 g/mol. The molecule has 0 spiro atoms. The minimum atomic E-state index is -0.783. The maximum atomic E-state index is 12.6. The molecule has 0 bridgehead atoms. The minimum absolute atomic E-state index is 0.00577. The van der Waals surface area contributed by atoms with Gasteiger partial charge in [0.25, 0.3) is 5.09 Å². The van der Waals surface area contributed by atoms with Crippen molar-refractivity contribution in [3.63, 3.8) is 0 Å². The Morgan fingerprint density at radius 3 is 2.84 bits per heavy atom. The van der Waals surface area contributed by atoms with Gasteiger partial charge in [-0.1, -0.05) is 18.2 Å². The number of carbonyl (C=O) groups is 1. The van der Waals surface area contributed by atoms with E-state index < -0.39 is 5.09 Å². The van der Waals surface area contributed by atoms with Gasteiger partial charge >= 0.3 is 0 Å². The topological polar surface area (TPSA) is 94.4 Å². The van der Waals surface area contributed by atoms with Crippen LogP contribution in [-0.4, -0.2) is 54.4 Å². The Hall–Kier alpha value is -2.35. The molecule has 25 heavy (non-hydrogen) atoms. The molecule has 2 aliphatic rings. The molecule has 0 aliphatic carbocycles. The summed E-state index contributed by atoms with van der Waals surface area (Å²) in [6, 6.07) is 9.37. The lowest BCUT2D eigenvalue weighted by molar-refractivity contribution is -0.759. The predicted octanol–water partition coefficient (Wildman–Crippen LogP) is 1.67. The molecule has 0 N–H and O–H groups in total. The van der Waals surface area contributed by atoms with Gasteiger partial charge in [-0.15, -0.1) is 10.1 Å². The number of piperidine rings is 1. The summed E-state index contributed by atoms with van der Waals surface area (Å²) in [5, 5.41) is 9.55. The molecular formula is C17H22N2O6. The van der Waals surface area contributed by atoms with E-state index >= 15 is 0 Å². The fourth-order valence-electron chi connectivity index (χ4n) is 3.09. The summed E-state index contributed by atoms with van der Waals surface area (Å²) in [5.41, 5.74) is 0. The minimum Gasteiger partial charge on any atom is -0.487 e. The second-order valence-corrected chi connectivity index (χ2v) is 6.41. The molecule has 3 rings (SSSR count). The van der Waals surface area contributed by atoms with Crippen LogP contribution in [-0.2, 0) is 14.4 Å². The van der Waals surface area contributed by atoms with Gasteiger partial charge in [0, 0.05) is 19.0 Å². The average Bonchev–Trinajstić information content (AvgIpc) is 3.45. The van der Waals surface area contributed by atoms with Gasteiger partial charge in [0.1, 0.15) is 24.6 Å². The van der Waals surface area contributed by atoms with Crippen molar-refractivity contribution >= 4 is 5.91 Å². The SMILES string of the molecule is O=C(CC(Oc1ccccc1)C1CO1)N1CCCC(CO[N+](=O)[O-])C1. The highest BCUT2D eigenvalue weighted by Crippen LogP contribution is 2.25. The van der Waals surface area contributed by atoms with Crippen LogP contribution in [0.15, 0.2) is 30.3 Å². The molecule has 2 saturated heterocycles. The first-order valence-electron chi connectivity index (χ1n) is 8.50. The molecule has 1 aromatic rings. The standard InChI is InChI=1S/C17H22N2O6/c20-17(18-8-4-5-13(10-18)11-24-19(21)22)9-15(16-12-23-16)25-14-6-2-1-3-7-14/h1-3,6-7,13,15-16H,4-5,8-12H2. The number of carbonyl (C=O) groups excluding carboxylic acids is 1. The summed E-state index contributed by atoms with van der Waals surface area (Å²) in [7, 11) is 0. The van der Waals surface area contributed by atoms with Crippen LogP contribution in [0.25, 0.3) is 0 Å². The number of hydrogen-bond donors (Lipinski definition) is 0. The Balaban J connectivity index is 1.53. The second kappa shape index (κ2) is 8.15. The van der Waals surface area contributed by atoms with Gasteiger partial charge in [0.15, 0.2) is 0 Å². The van der Waals surface area contributed by atoms with Crippen LogP contribution in [0.4, 0.5) is 0 Å². The molecule has 2 aliphatic heterocycles. The quantitative estimate of drug-likeness (QED) is 0.402. The fraction of sp³-hybridized carbons (Fsp3) is 0.588. The molecule has 1 aromatic carbocycles. The van der Waals surface area contributed by atoms with Gasteiger partial charge in [0.2, 0.25) is 5.91 Å². The molecule has 0 aromatic heterocycles. The Labute approximate surface area is 145 Å². The maximum Gasteiger partial charge on any atom is 0.294 e. The van der Waals surface area contributed by atoms with E-state index in [0.717, 1.165) is 12.8 Å². The highest BCUT2D eigenvalue weighted by Gasteiger charge is 2.37. The Kier molecular flexibility index (Phi) is 5.70. The second-order valence-electron chi connectivity index (χ2n) is 6.41. The first-order chi connectivity index (χ1) is 12.1. The molecule has 8 nitrogen and oxygen atoms in total. The summed E-state index contributed by atoms with van der Waals surface area (Å²) in [6.45, 7) is 1.78. The smallest absolute Gasteiger partial charge is 0.294 e. The number of amides is 1. The van der Waals surface area contributed by atoms with Crippen molar-refractivity contribution in [3.8, 4) is 5.75 Å². The molecule has 3 unspecified atom stereocenters. The summed E-state index contributed by atoms with van der Waals surface area (Å²) in [4.78, 5) is 29.2. The number of nitrogens with zero attached hydrogens (tertiary/aromatic N) is 2. The highest BCUT2D eigenvalue weighted by atomic mass is 16.9. The number of para-hydroxylation sites is 1. The number of hydrogen-bond acceptors (Lipinski definition) is 6. The molecule has 2 fully saturated rings. The predicted molar refractivity (Wildman–Crippen MR) is 87.5 cm³/mol. The van der Waals surface area contributed by atoms with Crippen LogP contribution in [0.5, 0.6) is 5.75 Å². The van der Waals surface area contributed by atoms with E-state index in [1.54, 1.807) is 4.90 Å². The van der Waals surface area contributed by atoms with Crippen molar-refractivity contribution in [1.82, 2.24) is 4.90 Å². The largest absolute Gasteiger partial charge is 0.487 e. The van der Waals surface area contributed by atoms with Crippen LogP contribution < -0.4 is 4.74 Å². The van der Waals surface area contributed by atoms with E-state index in [2.05, 4.69) is 4.84 Å². The van der Waals surface area contributed by atoms with Gasteiger partial charge in [-0.2, -0.15) is 0 Å². The van der Waals surface area contributed by atoms with Crippen LogP contribution in [0, 0.1) is 16.0 Å². The Morgan fingerprint density at radius 1 is 1.40 bits per heavy atom. The monoisotopic (exact) mass is 350 g/mol. The molecular weight excluding hydrogens is 328 g/mol. The number of benzene rings is 1. The van der Waals surface area contributed by atoms with Gasteiger partial charge < -0.3 is 19.2 Å². The maximum absolute atomic E-state index is 12.6. The van der Waals surface area contributed by atoms with E-state index in [1.807, 2.05) is 30.3 Å². The molecule has 136 valence electrons. The first kappa shape index (κ1) is 17.5. The van der Waals surface area contributed by atoms with Crippen LogP contribution in [0.2, 0.25) is 0 Å². The molecule has 0 saturated carbocycles. The molecule has 8 heteroatoms. The summed E-state index contributed by atoms with van der Waals surface area (Å²) in [5.74, 6) is 0.697. The third-order valence-corrected chi connectivity index (χ3v) is 4.47. The Morgan fingerprint density at radius 2 is 2.16 bits per heavy atom. The third kappa shape index (κ3) is 5.32. The molecule has 0 radical (unpaired) electrons. The summed E-state index contributed by atoms with van der Waals surface area (Å²) < 4.78 is 11.2. The first-order valence-corrected chi connectivity index (χ1v) is 8.50. The number of rotatable bonds is 8. The van der Waals surface area contributed by atoms with Crippen molar-refractivity contribution < 1.29 is 24.2 Å². The van der Waals surface area contributed by atoms with Gasteiger partial charge in [-0.25, -0.2) is 0 Å². The van der Waals surface area contributed by atoms with Crippen molar-refractivity contribution in [2.24, 2.45) is 5.92 Å². The van der Waals surface area contributed by atoms with Crippen molar-refractivity contribution in [1.29, 1.82) is 0 Å². The zero-order chi connectivity index (χ0) is 17.6. The van der Waals surface area contributed by atoms with Crippen molar-refractivity contribution in [3.05, 3.63) is 40.4 Å².